The molecule has 0 aromatic carbocycles. The van der Waals surface area contributed by atoms with Gasteiger partial charge in [0.05, 0.1) is 17.5 Å². The highest BCUT2D eigenvalue weighted by Crippen LogP contribution is 2.44. The molecule has 10 heteroatoms. The summed E-state index contributed by atoms with van der Waals surface area (Å²) in [6, 6.07) is -1.00. The maximum Gasteiger partial charge on any atom is 0.410 e. The third-order valence-electron chi connectivity index (χ3n) is 11.5. The average Bonchev–Trinajstić information content (AvgIpc) is 3.46. The number of ketones is 2. The van der Waals surface area contributed by atoms with Gasteiger partial charge >= 0.3 is 6.09 Å². The molecule has 0 aliphatic carbocycles. The van der Waals surface area contributed by atoms with Crippen molar-refractivity contribution < 1.29 is 28.7 Å². The number of hydrogen-bond acceptors (Lipinski definition) is 7. The summed E-state index contributed by atoms with van der Waals surface area (Å²) in [5.74, 6) is -1.22. The molecule has 0 bridgehead atoms. The summed E-state index contributed by atoms with van der Waals surface area (Å²) < 4.78 is 5.91. The zero-order valence-corrected chi connectivity index (χ0v) is 34.4. The Morgan fingerprint density at radius 2 is 1.53 bits per heavy atom. The van der Waals surface area contributed by atoms with Gasteiger partial charge in [0.1, 0.15) is 11.1 Å². The van der Waals surface area contributed by atoms with Gasteiger partial charge in [0, 0.05) is 42.9 Å². The molecule has 0 saturated carbocycles. The maximum absolute atomic E-state index is 14.7. The molecule has 3 aliphatic heterocycles. The van der Waals surface area contributed by atoms with Crippen molar-refractivity contribution in [2.75, 3.05) is 20.1 Å². The van der Waals surface area contributed by atoms with Gasteiger partial charge in [0.25, 0.3) is 0 Å². The lowest BCUT2D eigenvalue weighted by Crippen LogP contribution is -2.71. The van der Waals surface area contributed by atoms with E-state index in [1.54, 1.807) is 9.80 Å². The van der Waals surface area contributed by atoms with Crippen LogP contribution in [0.2, 0.25) is 0 Å². The Morgan fingerprint density at radius 1 is 0.941 bits per heavy atom. The lowest BCUT2D eigenvalue weighted by atomic mass is 9.66. The number of piperidine rings is 1. The van der Waals surface area contributed by atoms with E-state index in [9.17, 15) is 24.0 Å². The van der Waals surface area contributed by atoms with Gasteiger partial charge in [-0.25, -0.2) is 4.79 Å². The van der Waals surface area contributed by atoms with E-state index in [1.165, 1.54) is 0 Å². The molecular formula is C41H70N4O6. The van der Waals surface area contributed by atoms with Crippen LogP contribution in [0.3, 0.4) is 0 Å². The highest BCUT2D eigenvalue weighted by Gasteiger charge is 2.55. The Hall–Kier alpha value is -2.75. The molecule has 10 nitrogen and oxygen atoms in total. The summed E-state index contributed by atoms with van der Waals surface area (Å²) in [6.45, 7) is 26.4. The maximum atomic E-state index is 14.7. The van der Waals surface area contributed by atoms with Crippen LogP contribution in [0, 0.1) is 23.2 Å². The van der Waals surface area contributed by atoms with Gasteiger partial charge in [0.15, 0.2) is 11.6 Å². The number of fused-ring (bicyclic) bond motifs is 1. The lowest BCUT2D eigenvalue weighted by molar-refractivity contribution is -0.146. The summed E-state index contributed by atoms with van der Waals surface area (Å²) in [5, 5.41) is 3.29. The molecule has 3 rings (SSSR count). The first-order valence-corrected chi connectivity index (χ1v) is 19.3. The number of carbonyl (C=O) groups excluding carboxylic acids is 5. The van der Waals surface area contributed by atoms with Gasteiger partial charge in [-0.15, -0.1) is 0 Å². The van der Waals surface area contributed by atoms with Gasteiger partial charge in [-0.3, -0.25) is 24.1 Å². The predicted molar refractivity (Wildman–Crippen MR) is 202 cm³/mol. The molecule has 290 valence electrons. The fourth-order valence-electron chi connectivity index (χ4n) is 8.56. The molecular weight excluding hydrogens is 644 g/mol. The monoisotopic (exact) mass is 715 g/mol. The predicted octanol–water partition coefficient (Wildman–Crippen LogP) is 6.94. The van der Waals surface area contributed by atoms with Crippen molar-refractivity contribution >= 4 is 29.5 Å². The Kier molecular flexibility index (Phi) is 13.1. The van der Waals surface area contributed by atoms with Gasteiger partial charge in [0.2, 0.25) is 11.8 Å². The minimum atomic E-state index is -1.16. The van der Waals surface area contributed by atoms with E-state index < -0.39 is 51.7 Å². The quantitative estimate of drug-likeness (QED) is 0.315. The van der Waals surface area contributed by atoms with Crippen molar-refractivity contribution in [1.82, 2.24) is 20.0 Å². The lowest BCUT2D eigenvalue weighted by Gasteiger charge is -2.58. The summed E-state index contributed by atoms with van der Waals surface area (Å²) in [7, 11) is 2.06. The molecule has 0 aromatic rings. The first-order chi connectivity index (χ1) is 23.2. The average molecular weight is 715 g/mol. The standard InChI is InChI=1S/C41H70N4O6/c1-27(2)23-29-19-20-38(8,9)35(49)45-22-15-17-31(45)32(46)24-30(28(3)4)34(48)42-41(25-39(10,11)43(14)40(12,13)26-41)33(47)18-16-21-44(29)36(50)51-37(5,6)7/h19-20,27-31H,15-18,21-26H2,1-14H3,(H,42,48)/b20-19+. The third-order valence-corrected chi connectivity index (χ3v) is 11.5. The fourth-order valence-corrected chi connectivity index (χ4v) is 8.56. The number of nitrogens with one attached hydrogen (secondary N) is 1. The molecule has 0 radical (unpaired) electrons. The summed E-state index contributed by atoms with van der Waals surface area (Å²) in [5.41, 5.74) is -3.68. The minimum Gasteiger partial charge on any atom is -0.444 e. The van der Waals surface area contributed by atoms with Crippen LogP contribution < -0.4 is 5.32 Å². The first kappa shape index (κ1) is 42.7. The van der Waals surface area contributed by atoms with Crippen LogP contribution in [0.5, 0.6) is 0 Å². The van der Waals surface area contributed by atoms with Gasteiger partial charge in [-0.05, 0) is 120 Å². The van der Waals surface area contributed by atoms with Gasteiger partial charge in [-0.2, -0.15) is 0 Å². The Labute approximate surface area is 308 Å². The summed E-state index contributed by atoms with van der Waals surface area (Å²) in [6.07, 6.45) is 6.59. The normalized spacial score (nSPS) is 28.7. The van der Waals surface area contributed by atoms with Crippen LogP contribution in [0.15, 0.2) is 12.2 Å². The Morgan fingerprint density at radius 3 is 2.06 bits per heavy atom. The highest BCUT2D eigenvalue weighted by atomic mass is 16.6. The van der Waals surface area contributed by atoms with Gasteiger partial charge in [-0.1, -0.05) is 39.8 Å². The van der Waals surface area contributed by atoms with Crippen LogP contribution in [0.1, 0.15) is 141 Å². The van der Waals surface area contributed by atoms with E-state index in [4.69, 9.17) is 4.74 Å². The van der Waals surface area contributed by atoms with Crippen molar-refractivity contribution in [3.8, 4) is 0 Å². The van der Waals surface area contributed by atoms with Crippen molar-refractivity contribution in [3.63, 3.8) is 0 Å². The second kappa shape index (κ2) is 15.7. The number of carbonyl (C=O) groups is 5. The molecule has 2 fully saturated rings. The van der Waals surface area contributed by atoms with Crippen molar-refractivity contribution in [2.45, 2.75) is 176 Å². The molecule has 2 saturated heterocycles. The van der Waals surface area contributed by atoms with Crippen molar-refractivity contribution in [3.05, 3.63) is 12.2 Å². The van der Waals surface area contributed by atoms with Crippen LogP contribution in [-0.2, 0) is 23.9 Å². The number of nitrogens with zero attached hydrogens (tertiary/aromatic N) is 3. The third kappa shape index (κ3) is 10.2. The molecule has 51 heavy (non-hydrogen) atoms. The number of amides is 3. The van der Waals surface area contributed by atoms with Crippen molar-refractivity contribution in [2.24, 2.45) is 23.2 Å². The number of rotatable bonds is 3. The second-order valence-corrected chi connectivity index (χ2v) is 19.3. The van der Waals surface area contributed by atoms with E-state index in [0.717, 1.165) is 0 Å². The smallest absolute Gasteiger partial charge is 0.410 e. The number of hydrogen-bond donors (Lipinski definition) is 1. The molecule has 3 heterocycles. The van der Waals surface area contributed by atoms with Gasteiger partial charge < -0.3 is 19.9 Å². The zero-order chi connectivity index (χ0) is 38.9. The molecule has 1 spiro atoms. The van der Waals surface area contributed by atoms with E-state index in [1.807, 2.05) is 60.6 Å². The summed E-state index contributed by atoms with van der Waals surface area (Å²) in [4.78, 5) is 76.9. The second-order valence-electron chi connectivity index (χ2n) is 19.3. The van der Waals surface area contributed by atoms with E-state index in [-0.39, 0.29) is 54.6 Å². The summed E-state index contributed by atoms with van der Waals surface area (Å²) >= 11 is 0. The topological polar surface area (TPSA) is 116 Å². The van der Waals surface area contributed by atoms with E-state index >= 15 is 0 Å². The highest BCUT2D eigenvalue weighted by molar-refractivity contribution is 5.97. The molecule has 1 N–H and O–H groups in total. The molecule has 3 atom stereocenters. The van der Waals surface area contributed by atoms with Crippen LogP contribution in [0.4, 0.5) is 4.79 Å². The largest absolute Gasteiger partial charge is 0.444 e. The van der Waals surface area contributed by atoms with E-state index in [0.29, 0.717) is 45.1 Å². The van der Waals surface area contributed by atoms with Crippen molar-refractivity contribution in [1.29, 1.82) is 0 Å². The molecule has 0 aromatic heterocycles. The van der Waals surface area contributed by atoms with Crippen LogP contribution >= 0.6 is 0 Å². The number of likely N-dealkylation sites (tertiary alicyclic amines) is 1. The molecule has 3 amide bonds. The Bertz CT molecular complexity index is 1320. The Balaban J connectivity index is 2.19. The van der Waals surface area contributed by atoms with Crippen LogP contribution in [0.25, 0.3) is 0 Å². The number of ether oxygens (including phenoxy) is 1. The zero-order valence-electron chi connectivity index (χ0n) is 34.4. The van der Waals surface area contributed by atoms with Crippen LogP contribution in [-0.4, -0.2) is 98.6 Å². The first-order valence-electron chi connectivity index (χ1n) is 19.3. The minimum absolute atomic E-state index is 0.00643. The fraction of sp³-hybridized carbons (Fsp3) is 0.829. The molecule has 3 unspecified atom stereocenters. The van der Waals surface area contributed by atoms with E-state index in [2.05, 4.69) is 58.8 Å². The molecule has 3 aliphatic rings. The SMILES string of the molecule is CC(C)CC1/C=C/C(C)(C)C(=O)N2CCCC2C(=O)CC(C(C)C)C(=O)NC2(CC(C)(C)N(C)C(C)(C)C2)C(=O)CCCN1C(=O)OC(C)(C)C. The number of Topliss-reactive ketones (excluding diaryl/α,β-unsaturated/α-hetero) is 2.